The molecule has 0 radical (unpaired) electrons. The van der Waals surface area contributed by atoms with E-state index in [1.807, 2.05) is 42.2 Å². The molecule has 1 fully saturated rings. The van der Waals surface area contributed by atoms with E-state index in [2.05, 4.69) is 46.2 Å². The fourth-order valence-corrected chi connectivity index (χ4v) is 4.29. The van der Waals surface area contributed by atoms with E-state index in [1.165, 1.54) is 0 Å². The van der Waals surface area contributed by atoms with Crippen LogP contribution in [-0.4, -0.2) is 58.8 Å². The molecule has 3 rings (SSSR count). The smallest absolute Gasteiger partial charge is 0.253 e. The van der Waals surface area contributed by atoms with Crippen LogP contribution < -0.4 is 0 Å². The Morgan fingerprint density at radius 1 is 1.04 bits per heavy atom. The molecule has 5 nitrogen and oxygen atoms in total. The fraction of sp³-hybridized carbons (Fsp3) is 0.455. The standard InChI is InChI=1S/C22H28BrN3O2/c1-15(2)26-16(3)13-20(17(26)4)21(27)14-24-9-11-25(12-10-24)22(28)18-5-7-19(23)8-6-18/h5-8,13,15H,9-12,14H2,1-4H3. The lowest BCUT2D eigenvalue weighted by Crippen LogP contribution is -2.49. The zero-order chi connectivity index (χ0) is 20.4. The molecule has 1 amide bonds. The van der Waals surface area contributed by atoms with Gasteiger partial charge in [0, 0.05) is 59.2 Å². The number of carbonyl (C=O) groups excluding carboxylic acids is 2. The van der Waals surface area contributed by atoms with E-state index in [1.54, 1.807) is 0 Å². The number of rotatable bonds is 5. The lowest BCUT2D eigenvalue weighted by Gasteiger charge is -2.34. The fourth-order valence-electron chi connectivity index (χ4n) is 4.03. The van der Waals surface area contributed by atoms with Crippen molar-refractivity contribution >= 4 is 27.6 Å². The average molecular weight is 446 g/mol. The molecule has 2 aromatic rings. The summed E-state index contributed by atoms with van der Waals surface area (Å²) in [5.74, 6) is 0.214. The van der Waals surface area contributed by atoms with Gasteiger partial charge in [-0.1, -0.05) is 15.9 Å². The number of aromatic nitrogens is 1. The zero-order valence-corrected chi connectivity index (χ0v) is 18.6. The van der Waals surface area contributed by atoms with E-state index < -0.39 is 0 Å². The van der Waals surface area contributed by atoms with Gasteiger partial charge in [-0.15, -0.1) is 0 Å². The molecular weight excluding hydrogens is 418 g/mol. The number of amides is 1. The van der Waals surface area contributed by atoms with Crippen molar-refractivity contribution in [3.63, 3.8) is 0 Å². The number of hydrogen-bond donors (Lipinski definition) is 0. The molecule has 0 N–H and O–H groups in total. The second-order valence-electron chi connectivity index (χ2n) is 7.75. The Morgan fingerprint density at radius 2 is 1.64 bits per heavy atom. The minimum Gasteiger partial charge on any atom is -0.346 e. The Balaban J connectivity index is 1.58. The summed E-state index contributed by atoms with van der Waals surface area (Å²) < 4.78 is 3.17. The normalized spacial score (nSPS) is 15.3. The Labute approximate surface area is 175 Å². The van der Waals surface area contributed by atoms with Gasteiger partial charge in [0.2, 0.25) is 0 Å². The van der Waals surface area contributed by atoms with E-state index in [4.69, 9.17) is 0 Å². The third-order valence-corrected chi connectivity index (χ3v) is 5.95. The van der Waals surface area contributed by atoms with E-state index in [-0.39, 0.29) is 11.7 Å². The highest BCUT2D eigenvalue weighted by Gasteiger charge is 2.25. The van der Waals surface area contributed by atoms with Crippen LogP contribution in [0.3, 0.4) is 0 Å². The van der Waals surface area contributed by atoms with Crippen LogP contribution in [0.4, 0.5) is 0 Å². The average Bonchev–Trinajstić information content (AvgIpc) is 2.97. The molecule has 2 heterocycles. The predicted molar refractivity (Wildman–Crippen MR) is 115 cm³/mol. The number of hydrogen-bond acceptors (Lipinski definition) is 3. The molecule has 0 spiro atoms. The molecule has 1 aliphatic rings. The van der Waals surface area contributed by atoms with Crippen molar-refractivity contribution in [2.24, 2.45) is 0 Å². The van der Waals surface area contributed by atoms with Crippen LogP contribution in [0.25, 0.3) is 0 Å². The number of carbonyl (C=O) groups is 2. The maximum Gasteiger partial charge on any atom is 0.253 e. The molecule has 1 aromatic heterocycles. The summed E-state index contributed by atoms with van der Waals surface area (Å²) in [7, 11) is 0. The molecule has 0 unspecified atom stereocenters. The van der Waals surface area contributed by atoms with E-state index >= 15 is 0 Å². The Bertz CT molecular complexity index is 863. The quantitative estimate of drug-likeness (QED) is 0.650. The lowest BCUT2D eigenvalue weighted by molar-refractivity contribution is 0.0624. The lowest BCUT2D eigenvalue weighted by atomic mass is 10.1. The van der Waals surface area contributed by atoms with Gasteiger partial charge in [0.25, 0.3) is 5.91 Å². The molecule has 0 saturated carbocycles. The molecule has 1 aromatic carbocycles. The number of benzene rings is 1. The molecule has 28 heavy (non-hydrogen) atoms. The molecule has 1 saturated heterocycles. The summed E-state index contributed by atoms with van der Waals surface area (Å²) in [5, 5.41) is 0. The Kier molecular flexibility index (Phi) is 6.40. The van der Waals surface area contributed by atoms with Crippen LogP contribution in [0.5, 0.6) is 0 Å². The van der Waals surface area contributed by atoms with Gasteiger partial charge in [-0.25, -0.2) is 0 Å². The summed E-state index contributed by atoms with van der Waals surface area (Å²) >= 11 is 3.39. The monoisotopic (exact) mass is 445 g/mol. The number of piperazine rings is 1. The van der Waals surface area contributed by atoms with Crippen molar-refractivity contribution in [1.29, 1.82) is 0 Å². The number of ketones is 1. The highest BCUT2D eigenvalue weighted by molar-refractivity contribution is 9.10. The maximum atomic E-state index is 12.9. The van der Waals surface area contributed by atoms with Gasteiger partial charge in [-0.05, 0) is 58.0 Å². The van der Waals surface area contributed by atoms with Crippen LogP contribution >= 0.6 is 15.9 Å². The van der Waals surface area contributed by atoms with Gasteiger partial charge in [-0.3, -0.25) is 14.5 Å². The van der Waals surface area contributed by atoms with Crippen molar-refractivity contribution in [2.75, 3.05) is 32.7 Å². The van der Waals surface area contributed by atoms with E-state index in [0.717, 1.165) is 34.5 Å². The van der Waals surface area contributed by atoms with E-state index in [0.29, 0.717) is 31.2 Å². The van der Waals surface area contributed by atoms with Crippen LogP contribution in [0.1, 0.15) is 52.0 Å². The first-order valence-corrected chi connectivity index (χ1v) is 10.6. The van der Waals surface area contributed by atoms with Gasteiger partial charge >= 0.3 is 0 Å². The second-order valence-corrected chi connectivity index (χ2v) is 8.66. The highest BCUT2D eigenvalue weighted by Crippen LogP contribution is 2.21. The summed E-state index contributed by atoms with van der Waals surface area (Å²) in [6.45, 7) is 11.5. The van der Waals surface area contributed by atoms with Crippen LogP contribution in [0, 0.1) is 13.8 Å². The molecular formula is C22H28BrN3O2. The number of Topliss-reactive ketones (excluding diaryl/α,β-unsaturated/α-hetero) is 1. The predicted octanol–water partition coefficient (Wildman–Crippen LogP) is 4.09. The van der Waals surface area contributed by atoms with Crippen LogP contribution in [-0.2, 0) is 0 Å². The highest BCUT2D eigenvalue weighted by atomic mass is 79.9. The largest absolute Gasteiger partial charge is 0.346 e. The van der Waals surface area contributed by atoms with Gasteiger partial charge < -0.3 is 9.47 Å². The van der Waals surface area contributed by atoms with Crippen molar-refractivity contribution in [3.8, 4) is 0 Å². The summed E-state index contributed by atoms with van der Waals surface area (Å²) in [4.78, 5) is 29.5. The van der Waals surface area contributed by atoms with Crippen LogP contribution in [0.15, 0.2) is 34.8 Å². The molecule has 0 atom stereocenters. The Morgan fingerprint density at radius 3 is 2.18 bits per heavy atom. The van der Waals surface area contributed by atoms with Gasteiger partial charge in [-0.2, -0.15) is 0 Å². The first-order chi connectivity index (χ1) is 13.3. The Hall–Kier alpha value is -1.92. The first-order valence-electron chi connectivity index (χ1n) is 9.76. The molecule has 150 valence electrons. The minimum atomic E-state index is 0.0546. The second kappa shape index (κ2) is 8.62. The molecule has 1 aliphatic heterocycles. The van der Waals surface area contributed by atoms with Crippen molar-refractivity contribution in [1.82, 2.24) is 14.4 Å². The first kappa shape index (κ1) is 20.8. The third-order valence-electron chi connectivity index (χ3n) is 5.42. The van der Waals surface area contributed by atoms with Crippen LogP contribution in [0.2, 0.25) is 0 Å². The van der Waals surface area contributed by atoms with Gasteiger partial charge in [0.05, 0.1) is 6.54 Å². The van der Waals surface area contributed by atoms with Crippen molar-refractivity contribution < 1.29 is 9.59 Å². The topological polar surface area (TPSA) is 45.6 Å². The number of halogens is 1. The summed E-state index contributed by atoms with van der Waals surface area (Å²) in [6, 6.07) is 9.80. The summed E-state index contributed by atoms with van der Waals surface area (Å²) in [6.07, 6.45) is 0. The third kappa shape index (κ3) is 4.39. The molecule has 6 heteroatoms. The van der Waals surface area contributed by atoms with Gasteiger partial charge in [0.1, 0.15) is 0 Å². The number of nitrogens with zero attached hydrogens (tertiary/aromatic N) is 3. The maximum absolute atomic E-state index is 12.9. The molecule has 0 bridgehead atoms. The van der Waals surface area contributed by atoms with Gasteiger partial charge in [0.15, 0.2) is 5.78 Å². The minimum absolute atomic E-state index is 0.0546. The molecule has 0 aliphatic carbocycles. The van der Waals surface area contributed by atoms with Crippen molar-refractivity contribution in [3.05, 3.63) is 57.3 Å². The van der Waals surface area contributed by atoms with E-state index in [9.17, 15) is 9.59 Å². The van der Waals surface area contributed by atoms with Crippen molar-refractivity contribution in [2.45, 2.75) is 33.7 Å². The zero-order valence-electron chi connectivity index (χ0n) is 17.0. The SMILES string of the molecule is Cc1cc(C(=O)CN2CCN(C(=O)c3ccc(Br)cc3)CC2)c(C)n1C(C)C. The summed E-state index contributed by atoms with van der Waals surface area (Å²) in [5.41, 5.74) is 3.69. The number of aryl methyl sites for hydroxylation is 1.